The summed E-state index contributed by atoms with van der Waals surface area (Å²) in [5.41, 5.74) is 5.08. The van der Waals surface area contributed by atoms with Crippen LogP contribution >= 0.6 is 11.6 Å². The molecule has 0 unspecified atom stereocenters. The maximum atomic E-state index is 13.2. The number of benzene rings is 1. The number of H-pyrrole nitrogens is 1. The highest BCUT2D eigenvalue weighted by Gasteiger charge is 2.38. The molecule has 2 amide bonds. The van der Waals surface area contributed by atoms with Gasteiger partial charge in [0.15, 0.2) is 5.69 Å². The third-order valence-corrected chi connectivity index (χ3v) is 5.76. The Morgan fingerprint density at radius 2 is 2.06 bits per heavy atom. The van der Waals surface area contributed by atoms with E-state index in [1.54, 1.807) is 18.2 Å². The number of aromatic amines is 1. The first-order chi connectivity index (χ1) is 15.2. The Bertz CT molecular complexity index is 1160. The highest BCUT2D eigenvalue weighted by Crippen LogP contribution is 2.36. The predicted molar refractivity (Wildman–Crippen MR) is 123 cm³/mol. The van der Waals surface area contributed by atoms with E-state index in [-0.39, 0.29) is 30.4 Å². The van der Waals surface area contributed by atoms with Crippen molar-refractivity contribution in [2.24, 2.45) is 5.92 Å². The number of carbonyl (C=O) groups excluding carboxylic acids is 2. The van der Waals surface area contributed by atoms with Crippen LogP contribution in [0.3, 0.4) is 0 Å². The van der Waals surface area contributed by atoms with Crippen LogP contribution in [0.5, 0.6) is 5.75 Å². The Balaban J connectivity index is 1.89. The molecule has 1 aromatic carbocycles. The van der Waals surface area contributed by atoms with Crippen molar-refractivity contribution >= 4 is 40.6 Å². The fourth-order valence-corrected chi connectivity index (χ4v) is 3.97. The van der Waals surface area contributed by atoms with E-state index in [2.05, 4.69) is 4.98 Å². The predicted octanol–water partition coefficient (Wildman–Crippen LogP) is 1.60. The van der Waals surface area contributed by atoms with Gasteiger partial charge in [-0.3, -0.25) is 23.9 Å². The van der Waals surface area contributed by atoms with Crippen molar-refractivity contribution < 1.29 is 14.3 Å². The molecule has 1 fully saturated rings. The molecule has 1 saturated heterocycles. The second-order valence-corrected chi connectivity index (χ2v) is 8.05. The van der Waals surface area contributed by atoms with Crippen molar-refractivity contribution in [3.8, 4) is 5.75 Å². The van der Waals surface area contributed by atoms with E-state index < -0.39 is 23.1 Å². The van der Waals surface area contributed by atoms with E-state index >= 15 is 0 Å². The molecule has 0 aliphatic carbocycles. The van der Waals surface area contributed by atoms with Crippen molar-refractivity contribution in [2.75, 3.05) is 36.2 Å². The number of rotatable bonds is 7. The largest absolute Gasteiger partial charge is 0.495 e. The summed E-state index contributed by atoms with van der Waals surface area (Å²) in [6.07, 6.45) is 1.45. The quantitative estimate of drug-likeness (QED) is 0.641. The number of nitrogen functional groups attached to an aromatic ring is 1. The van der Waals surface area contributed by atoms with Gasteiger partial charge in [0.2, 0.25) is 11.8 Å². The average molecular weight is 464 g/mol. The van der Waals surface area contributed by atoms with Gasteiger partial charge in [0.05, 0.1) is 18.7 Å². The zero-order chi connectivity index (χ0) is 23.6. The molecule has 0 spiro atoms. The third-order valence-electron chi connectivity index (χ3n) is 5.52. The molecule has 2 aromatic rings. The Morgan fingerprint density at radius 3 is 2.72 bits per heavy atom. The number of anilines is 3. The van der Waals surface area contributed by atoms with Crippen LogP contribution in [-0.2, 0) is 16.1 Å². The van der Waals surface area contributed by atoms with Crippen LogP contribution < -0.4 is 31.5 Å². The topological polar surface area (TPSA) is 131 Å². The fraction of sp³-hybridized carbons (Fsp3) is 0.429. The molecule has 1 aliphatic rings. The van der Waals surface area contributed by atoms with Crippen LogP contribution in [0.2, 0.25) is 5.02 Å². The summed E-state index contributed by atoms with van der Waals surface area (Å²) in [7, 11) is 2.89. The van der Waals surface area contributed by atoms with Gasteiger partial charge in [0.1, 0.15) is 11.6 Å². The summed E-state index contributed by atoms with van der Waals surface area (Å²) in [5, 5.41) is 0.425. The number of methoxy groups -OCH3 is 1. The van der Waals surface area contributed by atoms with Gasteiger partial charge in [-0.05, 0) is 24.6 Å². The number of hydrogen-bond donors (Lipinski definition) is 2. The van der Waals surface area contributed by atoms with Gasteiger partial charge >= 0.3 is 5.69 Å². The van der Waals surface area contributed by atoms with Crippen LogP contribution in [0, 0.1) is 5.92 Å². The normalized spacial score (nSPS) is 15.8. The zero-order valence-corrected chi connectivity index (χ0v) is 18.9. The van der Waals surface area contributed by atoms with Crippen molar-refractivity contribution in [1.82, 2.24) is 9.55 Å². The number of amides is 2. The van der Waals surface area contributed by atoms with Gasteiger partial charge in [0.25, 0.3) is 5.56 Å². The summed E-state index contributed by atoms with van der Waals surface area (Å²) in [6, 6.07) is 4.89. The third kappa shape index (κ3) is 4.36. The Labute approximate surface area is 189 Å². The minimum Gasteiger partial charge on any atom is -0.495 e. The minimum absolute atomic E-state index is 0.0495. The second-order valence-electron chi connectivity index (χ2n) is 7.62. The summed E-state index contributed by atoms with van der Waals surface area (Å²) in [6.45, 7) is 2.37. The van der Waals surface area contributed by atoms with E-state index in [1.807, 2.05) is 6.92 Å². The van der Waals surface area contributed by atoms with E-state index in [9.17, 15) is 19.2 Å². The molecule has 2 heterocycles. The molecule has 3 rings (SSSR count). The zero-order valence-electron chi connectivity index (χ0n) is 18.2. The highest BCUT2D eigenvalue weighted by atomic mass is 35.5. The van der Waals surface area contributed by atoms with E-state index in [0.717, 1.165) is 11.3 Å². The SMILES string of the molecule is CCCCn1c(N)c(N(C)C(=O)[C@@H]2CC(=O)N(c3cc(Cl)ccc3OC)C2)c(=O)[nH]c1=O. The van der Waals surface area contributed by atoms with E-state index in [1.165, 1.54) is 23.6 Å². The first kappa shape index (κ1) is 23.4. The first-order valence-corrected chi connectivity index (χ1v) is 10.6. The van der Waals surface area contributed by atoms with E-state index in [4.69, 9.17) is 22.1 Å². The molecule has 3 N–H and O–H groups in total. The van der Waals surface area contributed by atoms with Crippen molar-refractivity contribution in [1.29, 1.82) is 0 Å². The number of carbonyl (C=O) groups is 2. The summed E-state index contributed by atoms with van der Waals surface area (Å²) >= 11 is 6.08. The number of nitrogens with two attached hydrogens (primary N) is 1. The Morgan fingerprint density at radius 1 is 1.34 bits per heavy atom. The molecule has 32 heavy (non-hydrogen) atoms. The van der Waals surface area contributed by atoms with Gasteiger partial charge in [-0.25, -0.2) is 4.79 Å². The molecule has 172 valence electrons. The lowest BCUT2D eigenvalue weighted by Crippen LogP contribution is -2.42. The van der Waals surface area contributed by atoms with Crippen molar-refractivity contribution in [3.05, 3.63) is 44.1 Å². The molecule has 11 heteroatoms. The number of nitrogens with one attached hydrogen (secondary N) is 1. The van der Waals surface area contributed by atoms with Crippen molar-refractivity contribution in [2.45, 2.75) is 32.7 Å². The first-order valence-electron chi connectivity index (χ1n) is 10.2. The van der Waals surface area contributed by atoms with Gasteiger partial charge in [-0.15, -0.1) is 0 Å². The monoisotopic (exact) mass is 463 g/mol. The molecule has 0 radical (unpaired) electrons. The number of ether oxygens (including phenoxy) is 1. The molecule has 0 bridgehead atoms. The fourth-order valence-electron chi connectivity index (χ4n) is 3.80. The second kappa shape index (κ2) is 9.47. The lowest BCUT2D eigenvalue weighted by molar-refractivity contribution is -0.124. The van der Waals surface area contributed by atoms with E-state index in [0.29, 0.717) is 29.4 Å². The van der Waals surface area contributed by atoms with Crippen LogP contribution in [-0.4, -0.2) is 42.1 Å². The van der Waals surface area contributed by atoms with Crippen LogP contribution in [0.1, 0.15) is 26.2 Å². The maximum absolute atomic E-state index is 13.2. The smallest absolute Gasteiger partial charge is 0.330 e. The Hall–Kier alpha value is -3.27. The van der Waals surface area contributed by atoms with Crippen molar-refractivity contribution in [3.63, 3.8) is 0 Å². The van der Waals surface area contributed by atoms with Gasteiger partial charge in [-0.2, -0.15) is 0 Å². The summed E-state index contributed by atoms with van der Waals surface area (Å²) in [5.74, 6) is -1.08. The Kier molecular flexibility index (Phi) is 6.93. The molecule has 1 atom stereocenters. The lowest BCUT2D eigenvalue weighted by atomic mass is 10.1. The molecule has 10 nitrogen and oxygen atoms in total. The van der Waals surface area contributed by atoms with Gasteiger partial charge in [0, 0.05) is 31.6 Å². The molecular formula is C21H26ClN5O5. The number of hydrogen-bond acceptors (Lipinski definition) is 6. The number of unbranched alkanes of at least 4 members (excludes halogenated alkanes) is 1. The van der Waals surface area contributed by atoms with Gasteiger partial charge < -0.3 is 20.3 Å². The minimum atomic E-state index is -0.756. The summed E-state index contributed by atoms with van der Waals surface area (Å²) in [4.78, 5) is 55.3. The molecular weight excluding hydrogens is 438 g/mol. The number of nitrogens with zero attached hydrogens (tertiary/aromatic N) is 3. The standard InChI is InChI=1S/C21H26ClN5O5/c1-4-5-8-26-18(23)17(19(29)24-21(26)31)25(2)20(30)12-9-16(28)27(11-12)14-10-13(22)6-7-15(14)32-3/h6-7,10,12H,4-5,8-9,11,23H2,1-3H3,(H,24,29,31)/t12-/m1/s1. The maximum Gasteiger partial charge on any atom is 0.330 e. The highest BCUT2D eigenvalue weighted by molar-refractivity contribution is 6.31. The average Bonchev–Trinajstić information content (AvgIpc) is 3.14. The van der Waals surface area contributed by atoms with Crippen LogP contribution in [0.15, 0.2) is 27.8 Å². The van der Waals surface area contributed by atoms with Gasteiger partial charge in [-0.1, -0.05) is 24.9 Å². The number of aromatic nitrogens is 2. The molecule has 1 aliphatic heterocycles. The van der Waals surface area contributed by atoms with Crippen LogP contribution in [0.4, 0.5) is 17.2 Å². The lowest BCUT2D eigenvalue weighted by Gasteiger charge is -2.23. The van der Waals surface area contributed by atoms with Crippen LogP contribution in [0.25, 0.3) is 0 Å². The molecule has 0 saturated carbocycles. The number of halogens is 1. The summed E-state index contributed by atoms with van der Waals surface area (Å²) < 4.78 is 6.56. The molecule has 1 aromatic heterocycles.